The van der Waals surface area contributed by atoms with Crippen LogP contribution in [0.1, 0.15) is 39.5 Å². The Kier molecular flexibility index (Phi) is 6.76. The van der Waals surface area contributed by atoms with E-state index in [0.29, 0.717) is 6.42 Å². The van der Waals surface area contributed by atoms with Crippen LogP contribution in [0, 0.1) is 0 Å². The molecule has 0 aromatic heterocycles. The maximum atomic E-state index is 11.1. The van der Waals surface area contributed by atoms with Crippen molar-refractivity contribution >= 4 is 5.91 Å². The van der Waals surface area contributed by atoms with Gasteiger partial charge in [0.25, 0.3) is 0 Å². The van der Waals surface area contributed by atoms with Crippen LogP contribution in [0.25, 0.3) is 0 Å². The molecule has 0 saturated heterocycles. The summed E-state index contributed by atoms with van der Waals surface area (Å²) >= 11 is 0. The van der Waals surface area contributed by atoms with E-state index >= 15 is 0 Å². The number of hydrogen-bond donors (Lipinski definition) is 2. The zero-order valence-electron chi connectivity index (χ0n) is 7.97. The molecule has 1 amide bonds. The lowest BCUT2D eigenvalue weighted by Gasteiger charge is -2.13. The molecular weight excluding hydrogens is 154 g/mol. The highest BCUT2D eigenvalue weighted by atomic mass is 16.3. The average molecular weight is 173 g/mol. The van der Waals surface area contributed by atoms with Crippen LogP contribution in [-0.4, -0.2) is 23.7 Å². The predicted molar refractivity (Wildman–Crippen MR) is 48.8 cm³/mol. The first-order valence-electron chi connectivity index (χ1n) is 4.64. The van der Waals surface area contributed by atoms with Crippen molar-refractivity contribution in [2.24, 2.45) is 0 Å². The molecule has 0 aliphatic heterocycles. The fourth-order valence-corrected chi connectivity index (χ4v) is 0.914. The van der Waals surface area contributed by atoms with Gasteiger partial charge in [-0.05, 0) is 12.8 Å². The summed E-state index contributed by atoms with van der Waals surface area (Å²) in [4.78, 5) is 11.1. The molecule has 0 unspecified atom stereocenters. The molecule has 0 saturated carbocycles. The van der Waals surface area contributed by atoms with Gasteiger partial charge in [0.05, 0.1) is 12.6 Å². The first-order valence-corrected chi connectivity index (χ1v) is 4.64. The van der Waals surface area contributed by atoms with Crippen LogP contribution in [0.5, 0.6) is 0 Å². The summed E-state index contributed by atoms with van der Waals surface area (Å²) in [5.41, 5.74) is 0. The van der Waals surface area contributed by atoms with Crippen LogP contribution in [0.2, 0.25) is 0 Å². The van der Waals surface area contributed by atoms with E-state index in [2.05, 4.69) is 12.2 Å². The fourth-order valence-electron chi connectivity index (χ4n) is 0.914. The third kappa shape index (κ3) is 5.13. The molecule has 0 aliphatic rings. The molecule has 0 spiro atoms. The van der Waals surface area contributed by atoms with Gasteiger partial charge in [0.2, 0.25) is 5.91 Å². The van der Waals surface area contributed by atoms with Crippen molar-refractivity contribution < 1.29 is 9.90 Å². The molecule has 1 atom stereocenters. The maximum absolute atomic E-state index is 11.1. The minimum absolute atomic E-state index is 0.0361. The van der Waals surface area contributed by atoms with Crippen molar-refractivity contribution in [3.05, 3.63) is 0 Å². The van der Waals surface area contributed by atoms with Gasteiger partial charge >= 0.3 is 0 Å². The molecule has 0 rings (SSSR count). The average Bonchev–Trinajstić information content (AvgIpc) is 2.10. The van der Waals surface area contributed by atoms with Gasteiger partial charge in [0, 0.05) is 6.42 Å². The molecule has 0 aliphatic carbocycles. The SMILES string of the molecule is CCCCC(=O)N[C@H](CC)CO. The van der Waals surface area contributed by atoms with Crippen molar-refractivity contribution in [1.29, 1.82) is 0 Å². The highest BCUT2D eigenvalue weighted by Gasteiger charge is 2.07. The third-order valence-electron chi connectivity index (χ3n) is 1.84. The Balaban J connectivity index is 3.52. The fraction of sp³-hybridized carbons (Fsp3) is 0.889. The lowest BCUT2D eigenvalue weighted by atomic mass is 10.2. The zero-order chi connectivity index (χ0) is 9.40. The van der Waals surface area contributed by atoms with Crippen molar-refractivity contribution in [2.45, 2.75) is 45.6 Å². The first-order chi connectivity index (χ1) is 5.74. The second-order valence-electron chi connectivity index (χ2n) is 2.96. The monoisotopic (exact) mass is 173 g/mol. The number of carbonyl (C=O) groups excluding carboxylic acids is 1. The summed E-state index contributed by atoms with van der Waals surface area (Å²) in [5.74, 6) is 0.0535. The number of aliphatic hydroxyl groups excluding tert-OH is 1. The van der Waals surface area contributed by atoms with E-state index < -0.39 is 0 Å². The van der Waals surface area contributed by atoms with Gasteiger partial charge in [-0.2, -0.15) is 0 Å². The number of unbranched alkanes of at least 4 members (excludes halogenated alkanes) is 1. The number of aliphatic hydroxyl groups is 1. The Labute approximate surface area is 74.2 Å². The van der Waals surface area contributed by atoms with Gasteiger partial charge in [-0.1, -0.05) is 20.3 Å². The summed E-state index contributed by atoms with van der Waals surface area (Å²) in [6, 6.07) is -0.0608. The maximum Gasteiger partial charge on any atom is 0.220 e. The molecule has 0 heterocycles. The van der Waals surface area contributed by atoms with Gasteiger partial charge < -0.3 is 10.4 Å². The van der Waals surface area contributed by atoms with E-state index in [4.69, 9.17) is 5.11 Å². The Morgan fingerprint density at radius 1 is 1.50 bits per heavy atom. The highest BCUT2D eigenvalue weighted by molar-refractivity contribution is 5.76. The van der Waals surface area contributed by atoms with Crippen LogP contribution in [0.15, 0.2) is 0 Å². The van der Waals surface area contributed by atoms with Crippen molar-refractivity contribution in [1.82, 2.24) is 5.32 Å². The second kappa shape index (κ2) is 7.10. The van der Waals surface area contributed by atoms with Crippen LogP contribution in [-0.2, 0) is 4.79 Å². The number of nitrogens with one attached hydrogen (secondary N) is 1. The normalized spacial score (nSPS) is 12.6. The Bertz CT molecular complexity index is 122. The van der Waals surface area contributed by atoms with Crippen LogP contribution < -0.4 is 5.32 Å². The number of rotatable bonds is 6. The number of amides is 1. The summed E-state index contributed by atoms with van der Waals surface area (Å²) < 4.78 is 0. The molecule has 0 aromatic carbocycles. The predicted octanol–water partition coefficient (Wildman–Crippen LogP) is 1.06. The molecule has 72 valence electrons. The van der Waals surface area contributed by atoms with E-state index in [0.717, 1.165) is 19.3 Å². The summed E-state index contributed by atoms with van der Waals surface area (Å²) in [7, 11) is 0. The smallest absolute Gasteiger partial charge is 0.220 e. The summed E-state index contributed by atoms with van der Waals surface area (Å²) in [6.45, 7) is 4.03. The molecule has 0 radical (unpaired) electrons. The molecule has 3 heteroatoms. The summed E-state index contributed by atoms with van der Waals surface area (Å²) in [6.07, 6.45) is 3.32. The Morgan fingerprint density at radius 2 is 2.17 bits per heavy atom. The van der Waals surface area contributed by atoms with Crippen molar-refractivity contribution in [3.8, 4) is 0 Å². The van der Waals surface area contributed by atoms with Gasteiger partial charge in [-0.25, -0.2) is 0 Å². The van der Waals surface area contributed by atoms with E-state index in [1.54, 1.807) is 0 Å². The van der Waals surface area contributed by atoms with E-state index in [1.807, 2.05) is 6.92 Å². The standard InChI is InChI=1S/C9H19NO2/c1-3-5-6-9(12)10-8(4-2)7-11/h8,11H,3-7H2,1-2H3,(H,10,12)/t8-/m1/s1. The molecule has 0 fully saturated rings. The van der Waals surface area contributed by atoms with Crippen LogP contribution in [0.4, 0.5) is 0 Å². The van der Waals surface area contributed by atoms with Crippen molar-refractivity contribution in [3.63, 3.8) is 0 Å². The number of hydrogen-bond acceptors (Lipinski definition) is 2. The van der Waals surface area contributed by atoms with Gasteiger partial charge in [0.15, 0.2) is 0 Å². The third-order valence-corrected chi connectivity index (χ3v) is 1.84. The minimum Gasteiger partial charge on any atom is -0.394 e. The highest BCUT2D eigenvalue weighted by Crippen LogP contribution is 1.95. The quantitative estimate of drug-likeness (QED) is 0.631. The summed E-state index contributed by atoms with van der Waals surface area (Å²) in [5, 5.41) is 11.5. The molecule has 0 bridgehead atoms. The lowest BCUT2D eigenvalue weighted by molar-refractivity contribution is -0.122. The van der Waals surface area contributed by atoms with E-state index in [-0.39, 0.29) is 18.6 Å². The van der Waals surface area contributed by atoms with Crippen LogP contribution in [0.3, 0.4) is 0 Å². The van der Waals surface area contributed by atoms with Gasteiger partial charge in [-0.3, -0.25) is 4.79 Å². The molecule has 12 heavy (non-hydrogen) atoms. The first kappa shape index (κ1) is 11.4. The van der Waals surface area contributed by atoms with Gasteiger partial charge in [-0.15, -0.1) is 0 Å². The molecule has 2 N–H and O–H groups in total. The van der Waals surface area contributed by atoms with Gasteiger partial charge in [0.1, 0.15) is 0 Å². The molecule has 0 aromatic rings. The van der Waals surface area contributed by atoms with E-state index in [9.17, 15) is 4.79 Å². The lowest BCUT2D eigenvalue weighted by Crippen LogP contribution is -2.36. The topological polar surface area (TPSA) is 49.3 Å². The Morgan fingerprint density at radius 3 is 2.58 bits per heavy atom. The Hall–Kier alpha value is -0.570. The minimum atomic E-state index is -0.0608. The largest absolute Gasteiger partial charge is 0.394 e. The van der Waals surface area contributed by atoms with Crippen molar-refractivity contribution in [2.75, 3.05) is 6.61 Å². The van der Waals surface area contributed by atoms with Crippen LogP contribution >= 0.6 is 0 Å². The van der Waals surface area contributed by atoms with E-state index in [1.165, 1.54) is 0 Å². The zero-order valence-corrected chi connectivity index (χ0v) is 7.97. The molecular formula is C9H19NO2. The number of carbonyl (C=O) groups is 1. The second-order valence-corrected chi connectivity index (χ2v) is 2.96. The molecule has 3 nitrogen and oxygen atoms in total.